The van der Waals surface area contributed by atoms with Crippen LogP contribution in [0.25, 0.3) is 0 Å². The van der Waals surface area contributed by atoms with Crippen LogP contribution in [-0.2, 0) is 4.79 Å². The minimum atomic E-state index is -0.158. The Balaban J connectivity index is 0.00000144. The van der Waals surface area contributed by atoms with Gasteiger partial charge in [-0.1, -0.05) is 0 Å². The maximum atomic E-state index is 10.5. The molecule has 78 valence electrons. The largest absolute Gasteiger partial charge is 0.370 e. The molecule has 1 saturated heterocycles. The first-order valence-electron chi connectivity index (χ1n) is 4.65. The van der Waals surface area contributed by atoms with E-state index in [-0.39, 0.29) is 18.3 Å². The zero-order valence-corrected chi connectivity index (χ0v) is 8.98. The van der Waals surface area contributed by atoms with Gasteiger partial charge < -0.3 is 10.6 Å². The van der Waals surface area contributed by atoms with E-state index in [2.05, 4.69) is 11.9 Å². The SMILES string of the molecule is CN1CCC(CCC(N)=O)CC1.Cl. The number of piperidine rings is 1. The Bertz CT molecular complexity index is 156. The van der Waals surface area contributed by atoms with Gasteiger partial charge in [0.05, 0.1) is 0 Å². The molecule has 1 heterocycles. The molecule has 0 aromatic carbocycles. The Morgan fingerprint density at radius 1 is 1.46 bits per heavy atom. The number of amides is 1. The average Bonchev–Trinajstić information content (AvgIpc) is 2.03. The monoisotopic (exact) mass is 206 g/mol. The van der Waals surface area contributed by atoms with Crippen LogP contribution in [0, 0.1) is 5.92 Å². The molecule has 13 heavy (non-hydrogen) atoms. The van der Waals surface area contributed by atoms with Crippen LogP contribution < -0.4 is 5.73 Å². The number of nitrogens with zero attached hydrogens (tertiary/aromatic N) is 1. The molecule has 1 aliphatic heterocycles. The molecule has 0 saturated carbocycles. The lowest BCUT2D eigenvalue weighted by Crippen LogP contribution is -2.30. The number of primary amides is 1. The molecule has 4 heteroatoms. The summed E-state index contributed by atoms with van der Waals surface area (Å²) in [5.74, 6) is 0.572. The first-order valence-corrected chi connectivity index (χ1v) is 4.65. The number of carbonyl (C=O) groups excluding carboxylic acids is 1. The van der Waals surface area contributed by atoms with E-state index in [0.29, 0.717) is 6.42 Å². The van der Waals surface area contributed by atoms with Crippen LogP contribution in [-0.4, -0.2) is 30.9 Å². The van der Waals surface area contributed by atoms with Gasteiger partial charge in [-0.3, -0.25) is 4.79 Å². The maximum Gasteiger partial charge on any atom is 0.217 e. The molecular weight excluding hydrogens is 188 g/mol. The lowest BCUT2D eigenvalue weighted by Gasteiger charge is -2.28. The van der Waals surface area contributed by atoms with Crippen molar-refractivity contribution < 1.29 is 4.79 Å². The second kappa shape index (κ2) is 6.22. The predicted molar refractivity (Wildman–Crippen MR) is 55.9 cm³/mol. The van der Waals surface area contributed by atoms with Crippen molar-refractivity contribution in [1.29, 1.82) is 0 Å². The number of carbonyl (C=O) groups is 1. The van der Waals surface area contributed by atoms with Gasteiger partial charge >= 0.3 is 0 Å². The van der Waals surface area contributed by atoms with Crippen molar-refractivity contribution >= 4 is 18.3 Å². The summed E-state index contributed by atoms with van der Waals surface area (Å²) in [6.45, 7) is 2.34. The molecular formula is C9H19ClN2O. The molecule has 0 atom stereocenters. The van der Waals surface area contributed by atoms with Crippen LogP contribution in [0.2, 0.25) is 0 Å². The minimum absolute atomic E-state index is 0. The Morgan fingerprint density at radius 3 is 2.46 bits per heavy atom. The number of halogens is 1. The average molecular weight is 207 g/mol. The molecule has 1 amide bonds. The molecule has 0 unspecified atom stereocenters. The van der Waals surface area contributed by atoms with Crippen molar-refractivity contribution in [3.8, 4) is 0 Å². The number of hydrogen-bond acceptors (Lipinski definition) is 2. The molecule has 0 aliphatic carbocycles. The highest BCUT2D eigenvalue weighted by molar-refractivity contribution is 5.85. The summed E-state index contributed by atoms with van der Waals surface area (Å²) in [6.07, 6.45) is 4.01. The molecule has 1 aliphatic rings. The fourth-order valence-electron chi connectivity index (χ4n) is 1.70. The standard InChI is InChI=1S/C9H18N2O.ClH/c1-11-6-4-8(5-7-11)2-3-9(10)12;/h8H,2-7H2,1H3,(H2,10,12);1H. The van der Waals surface area contributed by atoms with Crippen molar-refractivity contribution in [2.45, 2.75) is 25.7 Å². The topological polar surface area (TPSA) is 46.3 Å². The van der Waals surface area contributed by atoms with E-state index >= 15 is 0 Å². The molecule has 1 fully saturated rings. The van der Waals surface area contributed by atoms with Gasteiger partial charge in [-0.2, -0.15) is 0 Å². The third-order valence-electron chi connectivity index (χ3n) is 2.64. The molecule has 2 N–H and O–H groups in total. The van der Waals surface area contributed by atoms with Gasteiger partial charge in [0.25, 0.3) is 0 Å². The van der Waals surface area contributed by atoms with Gasteiger partial charge in [-0.25, -0.2) is 0 Å². The first kappa shape index (κ1) is 12.7. The zero-order valence-electron chi connectivity index (χ0n) is 8.16. The molecule has 1 rings (SSSR count). The fraction of sp³-hybridized carbons (Fsp3) is 0.889. The maximum absolute atomic E-state index is 10.5. The number of hydrogen-bond donors (Lipinski definition) is 1. The van der Waals surface area contributed by atoms with Crippen molar-refractivity contribution in [2.24, 2.45) is 11.7 Å². The Labute approximate surface area is 86.1 Å². The van der Waals surface area contributed by atoms with Crippen molar-refractivity contribution in [3.63, 3.8) is 0 Å². The highest BCUT2D eigenvalue weighted by Gasteiger charge is 2.16. The molecule has 0 radical (unpaired) electrons. The Morgan fingerprint density at radius 2 is 2.00 bits per heavy atom. The second-order valence-electron chi connectivity index (χ2n) is 3.75. The van der Waals surface area contributed by atoms with Crippen molar-refractivity contribution in [2.75, 3.05) is 20.1 Å². The van der Waals surface area contributed by atoms with Crippen LogP contribution >= 0.6 is 12.4 Å². The first-order chi connectivity index (χ1) is 5.68. The van der Waals surface area contributed by atoms with Crippen LogP contribution in [0.3, 0.4) is 0 Å². The van der Waals surface area contributed by atoms with Gasteiger partial charge in [0, 0.05) is 6.42 Å². The van der Waals surface area contributed by atoms with Crippen LogP contribution in [0.5, 0.6) is 0 Å². The normalized spacial score (nSPS) is 19.5. The molecule has 3 nitrogen and oxygen atoms in total. The summed E-state index contributed by atoms with van der Waals surface area (Å²) < 4.78 is 0. The summed E-state index contributed by atoms with van der Waals surface area (Å²) in [7, 11) is 2.14. The minimum Gasteiger partial charge on any atom is -0.370 e. The Kier molecular flexibility index (Phi) is 6.08. The summed E-state index contributed by atoms with van der Waals surface area (Å²) in [5.41, 5.74) is 5.09. The lowest BCUT2D eigenvalue weighted by molar-refractivity contribution is -0.118. The van der Waals surface area contributed by atoms with Crippen LogP contribution in [0.1, 0.15) is 25.7 Å². The van der Waals surface area contributed by atoms with Gasteiger partial charge in [-0.05, 0) is 45.3 Å². The van der Waals surface area contributed by atoms with E-state index in [4.69, 9.17) is 5.73 Å². The number of likely N-dealkylation sites (tertiary alicyclic amines) is 1. The smallest absolute Gasteiger partial charge is 0.217 e. The molecule has 0 aromatic heterocycles. The fourth-order valence-corrected chi connectivity index (χ4v) is 1.70. The van der Waals surface area contributed by atoms with E-state index in [0.717, 1.165) is 12.3 Å². The van der Waals surface area contributed by atoms with Crippen LogP contribution in [0.15, 0.2) is 0 Å². The third kappa shape index (κ3) is 5.11. The molecule has 0 spiro atoms. The Hall–Kier alpha value is -0.280. The lowest BCUT2D eigenvalue weighted by atomic mass is 9.92. The summed E-state index contributed by atoms with van der Waals surface area (Å²) >= 11 is 0. The van der Waals surface area contributed by atoms with Crippen molar-refractivity contribution in [1.82, 2.24) is 4.90 Å². The highest BCUT2D eigenvalue weighted by Crippen LogP contribution is 2.20. The number of nitrogens with two attached hydrogens (primary N) is 1. The molecule has 0 aromatic rings. The quantitative estimate of drug-likeness (QED) is 0.750. The zero-order chi connectivity index (χ0) is 8.97. The number of rotatable bonds is 3. The van der Waals surface area contributed by atoms with E-state index in [1.165, 1.54) is 25.9 Å². The van der Waals surface area contributed by atoms with E-state index < -0.39 is 0 Å². The highest BCUT2D eigenvalue weighted by atomic mass is 35.5. The second-order valence-corrected chi connectivity index (χ2v) is 3.75. The summed E-state index contributed by atoms with van der Waals surface area (Å²) in [6, 6.07) is 0. The van der Waals surface area contributed by atoms with E-state index in [1.807, 2.05) is 0 Å². The third-order valence-corrected chi connectivity index (χ3v) is 2.64. The molecule has 0 bridgehead atoms. The predicted octanol–water partition coefficient (Wildman–Crippen LogP) is 1.02. The van der Waals surface area contributed by atoms with E-state index in [1.54, 1.807) is 0 Å². The van der Waals surface area contributed by atoms with Crippen molar-refractivity contribution in [3.05, 3.63) is 0 Å². The van der Waals surface area contributed by atoms with Gasteiger partial charge in [0.15, 0.2) is 0 Å². The van der Waals surface area contributed by atoms with Gasteiger partial charge in [0.2, 0.25) is 5.91 Å². The van der Waals surface area contributed by atoms with Gasteiger partial charge in [0.1, 0.15) is 0 Å². The summed E-state index contributed by atoms with van der Waals surface area (Å²) in [5, 5.41) is 0. The summed E-state index contributed by atoms with van der Waals surface area (Å²) in [4.78, 5) is 12.9. The van der Waals surface area contributed by atoms with Crippen LogP contribution in [0.4, 0.5) is 0 Å². The van der Waals surface area contributed by atoms with Gasteiger partial charge in [-0.15, -0.1) is 12.4 Å². The van der Waals surface area contributed by atoms with E-state index in [9.17, 15) is 4.79 Å².